The molecular weight excluding hydrogens is 308 g/mol. The van der Waals surface area contributed by atoms with E-state index in [2.05, 4.69) is 28.3 Å². The van der Waals surface area contributed by atoms with Gasteiger partial charge in [-0.15, -0.1) is 11.3 Å². The maximum atomic E-state index is 12.9. The summed E-state index contributed by atoms with van der Waals surface area (Å²) in [7, 11) is 2.21. The van der Waals surface area contributed by atoms with Crippen molar-refractivity contribution in [2.24, 2.45) is 0 Å². The minimum absolute atomic E-state index is 0.0277. The first kappa shape index (κ1) is 15.6. The molecule has 23 heavy (non-hydrogen) atoms. The van der Waals surface area contributed by atoms with Gasteiger partial charge < -0.3 is 14.5 Å². The Morgan fingerprint density at radius 2 is 2.13 bits per heavy atom. The number of hydrogen-bond acceptors (Lipinski definition) is 4. The lowest BCUT2D eigenvalue weighted by atomic mass is 10.0. The zero-order chi connectivity index (χ0) is 15.8. The van der Waals surface area contributed by atoms with Crippen molar-refractivity contribution in [3.8, 4) is 0 Å². The first-order valence-corrected chi connectivity index (χ1v) is 9.79. The van der Waals surface area contributed by atoms with Crippen LogP contribution >= 0.6 is 11.3 Å². The number of likely N-dealkylation sites (N-methyl/N-ethyl adjacent to an activating group) is 1. The summed E-state index contributed by atoms with van der Waals surface area (Å²) in [5, 5.41) is 2.13. The maximum Gasteiger partial charge on any atom is 0.225 e. The lowest BCUT2D eigenvalue weighted by Gasteiger charge is -2.34. The second-order valence-electron chi connectivity index (χ2n) is 7.10. The van der Waals surface area contributed by atoms with Crippen LogP contribution < -0.4 is 0 Å². The molecule has 3 aliphatic heterocycles. The van der Waals surface area contributed by atoms with Gasteiger partial charge in [0.2, 0.25) is 5.91 Å². The Bertz CT molecular complexity index is 573. The largest absolute Gasteiger partial charge is 0.373 e. The lowest BCUT2D eigenvalue weighted by molar-refractivity contribution is -0.136. The van der Waals surface area contributed by atoms with Gasteiger partial charge in [-0.2, -0.15) is 0 Å². The first-order chi connectivity index (χ1) is 11.2. The molecule has 4 nitrogen and oxygen atoms in total. The lowest BCUT2D eigenvalue weighted by Crippen LogP contribution is -2.47. The number of hydrogen-bond donors (Lipinski definition) is 0. The molecule has 0 aromatic carbocycles. The van der Waals surface area contributed by atoms with E-state index >= 15 is 0 Å². The zero-order valence-electron chi connectivity index (χ0n) is 13.9. The Morgan fingerprint density at radius 3 is 2.96 bits per heavy atom. The van der Waals surface area contributed by atoms with Crippen molar-refractivity contribution in [1.29, 1.82) is 0 Å². The van der Waals surface area contributed by atoms with E-state index in [1.165, 1.54) is 29.8 Å². The highest BCUT2D eigenvalue weighted by molar-refractivity contribution is 7.10. The van der Waals surface area contributed by atoms with Crippen molar-refractivity contribution in [3.05, 3.63) is 21.9 Å². The SMILES string of the molecule is CN1CCCC1C1CCCN1C(=O)CC1OCCc2sccc21. The van der Waals surface area contributed by atoms with E-state index in [0.717, 1.165) is 32.4 Å². The number of thiophene rings is 1. The Kier molecular flexibility index (Phi) is 4.43. The number of amides is 1. The monoisotopic (exact) mass is 334 g/mol. The predicted molar refractivity (Wildman–Crippen MR) is 91.7 cm³/mol. The highest BCUT2D eigenvalue weighted by Crippen LogP contribution is 2.35. The molecule has 3 unspecified atom stereocenters. The minimum atomic E-state index is -0.0277. The molecule has 4 rings (SSSR count). The van der Waals surface area contributed by atoms with Gasteiger partial charge in [-0.3, -0.25) is 4.79 Å². The van der Waals surface area contributed by atoms with Crippen LogP contribution in [0.5, 0.6) is 0 Å². The molecule has 0 spiro atoms. The number of carbonyl (C=O) groups excluding carboxylic acids is 1. The standard InChI is InChI=1S/C18H26N2O2S/c1-19-8-2-4-14(19)15-5-3-9-20(15)18(21)12-16-13-7-11-23-17(13)6-10-22-16/h7,11,14-16H,2-6,8-10,12H2,1H3. The molecule has 4 heterocycles. The van der Waals surface area contributed by atoms with Crippen LogP contribution in [-0.4, -0.2) is 54.5 Å². The Morgan fingerprint density at radius 1 is 1.30 bits per heavy atom. The molecule has 5 heteroatoms. The van der Waals surface area contributed by atoms with Crippen LogP contribution in [0.15, 0.2) is 11.4 Å². The summed E-state index contributed by atoms with van der Waals surface area (Å²) in [5.41, 5.74) is 1.25. The van der Waals surface area contributed by atoms with Gasteiger partial charge in [0.15, 0.2) is 0 Å². The molecule has 0 saturated carbocycles. The van der Waals surface area contributed by atoms with Crippen molar-refractivity contribution < 1.29 is 9.53 Å². The van der Waals surface area contributed by atoms with Crippen LogP contribution in [0.2, 0.25) is 0 Å². The molecule has 3 atom stereocenters. The van der Waals surface area contributed by atoms with Crippen LogP contribution in [0.25, 0.3) is 0 Å². The summed E-state index contributed by atoms with van der Waals surface area (Å²) >= 11 is 1.80. The van der Waals surface area contributed by atoms with E-state index in [1.807, 2.05) is 0 Å². The van der Waals surface area contributed by atoms with E-state index in [4.69, 9.17) is 4.74 Å². The van der Waals surface area contributed by atoms with Crippen LogP contribution in [0.4, 0.5) is 0 Å². The molecule has 0 bridgehead atoms. The van der Waals surface area contributed by atoms with Crippen molar-refractivity contribution in [2.75, 3.05) is 26.7 Å². The molecule has 1 amide bonds. The van der Waals surface area contributed by atoms with Crippen molar-refractivity contribution in [3.63, 3.8) is 0 Å². The van der Waals surface area contributed by atoms with Gasteiger partial charge in [0.05, 0.1) is 19.1 Å². The molecule has 1 aromatic heterocycles. The average Bonchev–Trinajstić information content (AvgIpc) is 3.26. The highest BCUT2D eigenvalue weighted by atomic mass is 32.1. The second kappa shape index (κ2) is 6.54. The third-order valence-corrected chi connectivity index (χ3v) is 6.77. The summed E-state index contributed by atoms with van der Waals surface area (Å²) in [6.45, 7) is 2.85. The van der Waals surface area contributed by atoms with E-state index in [0.29, 0.717) is 18.5 Å². The zero-order valence-corrected chi connectivity index (χ0v) is 14.7. The smallest absolute Gasteiger partial charge is 0.225 e. The fourth-order valence-electron chi connectivity index (χ4n) is 4.59. The summed E-state index contributed by atoms with van der Waals surface area (Å²) in [6, 6.07) is 3.12. The molecule has 2 fully saturated rings. The van der Waals surface area contributed by atoms with Gasteiger partial charge >= 0.3 is 0 Å². The molecule has 2 saturated heterocycles. The van der Waals surface area contributed by atoms with E-state index in [1.54, 1.807) is 11.3 Å². The van der Waals surface area contributed by atoms with E-state index < -0.39 is 0 Å². The summed E-state index contributed by atoms with van der Waals surface area (Å²) in [6.07, 6.45) is 6.29. The highest BCUT2D eigenvalue weighted by Gasteiger charge is 2.39. The third kappa shape index (κ3) is 2.94. The van der Waals surface area contributed by atoms with Crippen molar-refractivity contribution in [2.45, 2.75) is 56.7 Å². The second-order valence-corrected chi connectivity index (χ2v) is 8.10. The van der Waals surface area contributed by atoms with Gasteiger partial charge in [0, 0.05) is 29.9 Å². The number of nitrogens with zero attached hydrogens (tertiary/aromatic N) is 2. The Balaban J connectivity index is 1.45. The van der Waals surface area contributed by atoms with Crippen LogP contribution in [0.3, 0.4) is 0 Å². The van der Waals surface area contributed by atoms with Crippen molar-refractivity contribution >= 4 is 17.2 Å². The third-order valence-electron chi connectivity index (χ3n) is 5.78. The van der Waals surface area contributed by atoms with E-state index in [9.17, 15) is 4.79 Å². The van der Waals surface area contributed by atoms with Crippen LogP contribution in [0, 0.1) is 0 Å². The molecule has 0 aliphatic carbocycles. The fraction of sp³-hybridized carbons (Fsp3) is 0.722. The molecule has 126 valence electrons. The van der Waals surface area contributed by atoms with Gasteiger partial charge in [-0.1, -0.05) is 0 Å². The van der Waals surface area contributed by atoms with Gasteiger partial charge in [0.1, 0.15) is 0 Å². The molecule has 1 aromatic rings. The quantitative estimate of drug-likeness (QED) is 0.852. The van der Waals surface area contributed by atoms with Crippen LogP contribution in [0.1, 0.15) is 48.6 Å². The number of ether oxygens (including phenoxy) is 1. The molecular formula is C18H26N2O2S. The average molecular weight is 334 g/mol. The normalized spacial score (nSPS) is 31.5. The number of rotatable bonds is 3. The number of fused-ring (bicyclic) bond motifs is 1. The number of likely N-dealkylation sites (tertiary alicyclic amines) is 2. The topological polar surface area (TPSA) is 32.8 Å². The summed E-state index contributed by atoms with van der Waals surface area (Å²) in [5.74, 6) is 0.289. The van der Waals surface area contributed by atoms with Gasteiger partial charge in [0.25, 0.3) is 0 Å². The molecule has 3 aliphatic rings. The van der Waals surface area contributed by atoms with Gasteiger partial charge in [-0.25, -0.2) is 0 Å². The molecule has 0 N–H and O–H groups in total. The summed E-state index contributed by atoms with van der Waals surface area (Å²) in [4.78, 5) is 19.0. The Labute approximate surface area is 142 Å². The maximum absolute atomic E-state index is 12.9. The first-order valence-electron chi connectivity index (χ1n) is 8.91. The minimum Gasteiger partial charge on any atom is -0.373 e. The van der Waals surface area contributed by atoms with Crippen LogP contribution in [-0.2, 0) is 16.0 Å². The van der Waals surface area contributed by atoms with Gasteiger partial charge in [-0.05, 0) is 56.3 Å². The Hall–Kier alpha value is -0.910. The fourth-order valence-corrected chi connectivity index (χ4v) is 5.51. The van der Waals surface area contributed by atoms with E-state index in [-0.39, 0.29) is 12.0 Å². The van der Waals surface area contributed by atoms with Crippen molar-refractivity contribution in [1.82, 2.24) is 9.80 Å². The molecule has 0 radical (unpaired) electrons. The summed E-state index contributed by atoms with van der Waals surface area (Å²) < 4.78 is 5.92. The predicted octanol–water partition coefficient (Wildman–Crippen LogP) is 2.84. The number of carbonyl (C=O) groups is 1.